The minimum Gasteiger partial charge on any atom is -0.123 e. The lowest BCUT2D eigenvalue weighted by atomic mass is 10.1. The van der Waals surface area contributed by atoms with Gasteiger partial charge < -0.3 is 0 Å². The zero-order valence-corrected chi connectivity index (χ0v) is 10.1. The summed E-state index contributed by atoms with van der Waals surface area (Å²) < 4.78 is -1.08. The molecule has 0 bridgehead atoms. The predicted octanol–water partition coefficient (Wildman–Crippen LogP) is 4.93. The summed E-state index contributed by atoms with van der Waals surface area (Å²) in [4.78, 5) is 0. The van der Waals surface area contributed by atoms with E-state index in [2.05, 4.69) is 0 Å². The monoisotopic (exact) mass is 250 g/mol. The SMILES string of the molecule is CC(Cl)CCCCCC(Cl)(Cl)Cl. The van der Waals surface area contributed by atoms with Crippen molar-refractivity contribution >= 4 is 46.4 Å². The second-order valence-electron chi connectivity index (χ2n) is 3.00. The number of hydrogen-bond donors (Lipinski definition) is 0. The molecule has 12 heavy (non-hydrogen) atoms. The van der Waals surface area contributed by atoms with Crippen molar-refractivity contribution in [2.45, 2.75) is 48.2 Å². The molecule has 1 unspecified atom stereocenters. The van der Waals surface area contributed by atoms with Crippen LogP contribution in [0.25, 0.3) is 0 Å². The van der Waals surface area contributed by atoms with Crippen molar-refractivity contribution in [2.75, 3.05) is 0 Å². The summed E-state index contributed by atoms with van der Waals surface area (Å²) >= 11 is 22.5. The van der Waals surface area contributed by atoms with Crippen molar-refractivity contribution in [2.24, 2.45) is 0 Å². The lowest BCUT2D eigenvalue weighted by molar-refractivity contribution is 0.615. The fraction of sp³-hybridized carbons (Fsp3) is 1.00. The summed E-state index contributed by atoms with van der Waals surface area (Å²) in [5, 5.41) is 0.262. The van der Waals surface area contributed by atoms with Crippen LogP contribution in [0.15, 0.2) is 0 Å². The molecule has 0 aliphatic rings. The molecular formula is C8H14Cl4. The zero-order valence-electron chi connectivity index (χ0n) is 7.12. The van der Waals surface area contributed by atoms with E-state index in [1.54, 1.807) is 0 Å². The number of rotatable bonds is 5. The molecule has 0 fully saturated rings. The summed E-state index contributed by atoms with van der Waals surface area (Å²) in [6.07, 6.45) is 4.84. The summed E-state index contributed by atoms with van der Waals surface area (Å²) in [5.41, 5.74) is 0. The summed E-state index contributed by atoms with van der Waals surface area (Å²) in [5.74, 6) is 0. The van der Waals surface area contributed by atoms with Gasteiger partial charge in [-0.15, -0.1) is 11.6 Å². The Morgan fingerprint density at radius 2 is 1.67 bits per heavy atom. The molecule has 0 saturated carbocycles. The van der Waals surface area contributed by atoms with E-state index >= 15 is 0 Å². The van der Waals surface area contributed by atoms with Gasteiger partial charge in [0.1, 0.15) is 0 Å². The van der Waals surface area contributed by atoms with E-state index in [0.717, 1.165) is 25.7 Å². The van der Waals surface area contributed by atoms with Gasteiger partial charge in [0.2, 0.25) is 0 Å². The van der Waals surface area contributed by atoms with Crippen LogP contribution < -0.4 is 0 Å². The van der Waals surface area contributed by atoms with Gasteiger partial charge in [-0.25, -0.2) is 0 Å². The standard InChI is InChI=1S/C8H14Cl4/c1-7(9)5-3-2-4-6-8(10,11)12/h7H,2-6H2,1H3. The Labute approximate surface area is 94.5 Å². The smallest absolute Gasteiger partial charge is 0.123 e. The molecule has 0 aromatic carbocycles. The third-order valence-electron chi connectivity index (χ3n) is 1.56. The number of unbranched alkanes of at least 4 members (excludes halogenated alkanes) is 2. The Kier molecular flexibility index (Phi) is 7.23. The minimum absolute atomic E-state index is 0.262. The van der Waals surface area contributed by atoms with E-state index in [0.29, 0.717) is 6.42 Å². The average Bonchev–Trinajstić information content (AvgIpc) is 1.83. The summed E-state index contributed by atoms with van der Waals surface area (Å²) in [7, 11) is 0. The Morgan fingerprint density at radius 3 is 2.08 bits per heavy atom. The zero-order chi connectivity index (χ0) is 9.61. The van der Waals surface area contributed by atoms with Gasteiger partial charge in [-0.3, -0.25) is 0 Å². The molecule has 0 nitrogen and oxygen atoms in total. The Morgan fingerprint density at radius 1 is 1.08 bits per heavy atom. The Bertz CT molecular complexity index is 106. The minimum atomic E-state index is -1.08. The molecule has 0 aliphatic heterocycles. The van der Waals surface area contributed by atoms with Crippen LogP contribution in [0.1, 0.15) is 39.0 Å². The molecule has 0 rings (SSSR count). The van der Waals surface area contributed by atoms with Crippen molar-refractivity contribution in [3.05, 3.63) is 0 Å². The van der Waals surface area contributed by atoms with Gasteiger partial charge >= 0.3 is 0 Å². The van der Waals surface area contributed by atoms with Gasteiger partial charge in [0.05, 0.1) is 0 Å². The highest BCUT2D eigenvalue weighted by molar-refractivity contribution is 6.67. The predicted molar refractivity (Wildman–Crippen MR) is 58.7 cm³/mol. The van der Waals surface area contributed by atoms with Crippen LogP contribution in [0.4, 0.5) is 0 Å². The Balaban J connectivity index is 3.12. The summed E-state index contributed by atoms with van der Waals surface area (Å²) in [6.45, 7) is 2.00. The van der Waals surface area contributed by atoms with E-state index in [4.69, 9.17) is 46.4 Å². The molecule has 1 atom stereocenters. The number of alkyl halides is 4. The molecule has 0 saturated heterocycles. The van der Waals surface area contributed by atoms with Crippen LogP contribution in [-0.2, 0) is 0 Å². The molecule has 0 aromatic heterocycles. The topological polar surface area (TPSA) is 0 Å². The Hall–Kier alpha value is 1.16. The molecule has 0 amide bonds. The molecule has 0 heterocycles. The molecule has 0 radical (unpaired) electrons. The van der Waals surface area contributed by atoms with Crippen molar-refractivity contribution in [1.29, 1.82) is 0 Å². The first-order chi connectivity index (χ1) is 5.42. The molecule has 0 spiro atoms. The maximum Gasteiger partial charge on any atom is 0.190 e. The molecular weight excluding hydrogens is 238 g/mol. The fourth-order valence-corrected chi connectivity index (χ4v) is 1.48. The van der Waals surface area contributed by atoms with E-state index in [1.165, 1.54) is 0 Å². The first kappa shape index (κ1) is 13.2. The molecule has 4 heteroatoms. The van der Waals surface area contributed by atoms with E-state index in [-0.39, 0.29) is 5.38 Å². The first-order valence-corrected chi connectivity index (χ1v) is 5.69. The largest absolute Gasteiger partial charge is 0.190 e. The molecule has 0 N–H and O–H groups in total. The molecule has 74 valence electrons. The van der Waals surface area contributed by atoms with Gasteiger partial charge in [-0.05, 0) is 26.2 Å². The normalized spacial score (nSPS) is 14.8. The molecule has 0 aliphatic carbocycles. The van der Waals surface area contributed by atoms with Gasteiger partial charge in [0.25, 0.3) is 0 Å². The summed E-state index contributed by atoms with van der Waals surface area (Å²) in [6, 6.07) is 0. The third-order valence-corrected chi connectivity index (χ3v) is 2.35. The fourth-order valence-electron chi connectivity index (χ4n) is 0.928. The number of halogens is 4. The van der Waals surface area contributed by atoms with E-state index in [1.807, 2.05) is 6.92 Å². The van der Waals surface area contributed by atoms with Crippen molar-refractivity contribution < 1.29 is 0 Å². The number of hydrogen-bond acceptors (Lipinski definition) is 0. The lowest BCUT2D eigenvalue weighted by Crippen LogP contribution is -2.01. The van der Waals surface area contributed by atoms with Crippen LogP contribution in [0.3, 0.4) is 0 Å². The highest BCUT2D eigenvalue weighted by Gasteiger charge is 2.17. The quantitative estimate of drug-likeness (QED) is 0.480. The average molecular weight is 252 g/mol. The van der Waals surface area contributed by atoms with Crippen LogP contribution in [0.5, 0.6) is 0 Å². The van der Waals surface area contributed by atoms with Gasteiger partial charge in [-0.1, -0.05) is 47.6 Å². The van der Waals surface area contributed by atoms with Crippen LogP contribution in [0.2, 0.25) is 0 Å². The van der Waals surface area contributed by atoms with E-state index < -0.39 is 3.79 Å². The van der Waals surface area contributed by atoms with Crippen LogP contribution in [-0.4, -0.2) is 9.17 Å². The van der Waals surface area contributed by atoms with Crippen LogP contribution in [0, 0.1) is 0 Å². The van der Waals surface area contributed by atoms with Gasteiger partial charge in [0, 0.05) is 5.38 Å². The lowest BCUT2D eigenvalue weighted by Gasteiger charge is -2.09. The van der Waals surface area contributed by atoms with E-state index in [9.17, 15) is 0 Å². The van der Waals surface area contributed by atoms with Gasteiger partial charge in [0.15, 0.2) is 3.79 Å². The third kappa shape index (κ3) is 11.2. The van der Waals surface area contributed by atoms with Crippen LogP contribution >= 0.6 is 46.4 Å². The van der Waals surface area contributed by atoms with Crippen molar-refractivity contribution in [3.63, 3.8) is 0 Å². The first-order valence-electron chi connectivity index (χ1n) is 4.12. The van der Waals surface area contributed by atoms with Crippen molar-refractivity contribution in [3.8, 4) is 0 Å². The second kappa shape index (κ2) is 6.59. The van der Waals surface area contributed by atoms with Crippen molar-refractivity contribution in [1.82, 2.24) is 0 Å². The second-order valence-corrected chi connectivity index (χ2v) is 6.26. The highest BCUT2D eigenvalue weighted by atomic mass is 35.6. The maximum atomic E-state index is 5.77. The maximum absolute atomic E-state index is 5.77. The molecule has 0 aromatic rings. The highest BCUT2D eigenvalue weighted by Crippen LogP contribution is 2.32. The van der Waals surface area contributed by atoms with Gasteiger partial charge in [-0.2, -0.15) is 0 Å².